The van der Waals surface area contributed by atoms with Crippen molar-refractivity contribution in [2.45, 2.75) is 43.4 Å². The molecule has 5 atom stereocenters. The summed E-state index contributed by atoms with van der Waals surface area (Å²) in [6, 6.07) is 5.21. The Morgan fingerprint density at radius 3 is 2.83 bits per heavy atom. The first-order valence-corrected chi connectivity index (χ1v) is 10.8. The van der Waals surface area contributed by atoms with Crippen LogP contribution < -0.4 is 5.32 Å². The van der Waals surface area contributed by atoms with Gasteiger partial charge in [0.25, 0.3) is 0 Å². The number of anilines is 1. The van der Waals surface area contributed by atoms with E-state index in [4.69, 9.17) is 16.3 Å². The molecule has 1 spiro atoms. The smallest absolute Gasteiger partial charge is 0.250 e. The van der Waals surface area contributed by atoms with Crippen molar-refractivity contribution in [3.05, 3.63) is 28.8 Å². The van der Waals surface area contributed by atoms with Gasteiger partial charge in [-0.3, -0.25) is 24.2 Å². The number of likely N-dealkylation sites (tertiary alicyclic amines) is 1. The molecule has 1 aromatic carbocycles. The van der Waals surface area contributed by atoms with Crippen LogP contribution in [0.3, 0.4) is 0 Å². The van der Waals surface area contributed by atoms with Gasteiger partial charge in [-0.2, -0.15) is 0 Å². The van der Waals surface area contributed by atoms with Crippen molar-refractivity contribution in [2.24, 2.45) is 11.8 Å². The standard InChI is InChI=1S/C21H22ClN3O4/c22-11-5-6-14-13(9-11)21(20(28)23-14)17-16(15-4-1-7-25(15)21)18(26)24(19(17)27)10-12-3-2-8-29-12/h5-6,9,12,15-17H,1-4,7-8,10H2,(H,23,28)/t12-,15+,16+,17+,21-/m0/s1. The molecule has 0 aromatic heterocycles. The molecule has 5 heterocycles. The van der Waals surface area contributed by atoms with Crippen molar-refractivity contribution in [2.75, 3.05) is 25.0 Å². The van der Waals surface area contributed by atoms with Gasteiger partial charge in [-0.1, -0.05) is 11.6 Å². The average Bonchev–Trinajstić information content (AvgIpc) is 3.47. The number of nitrogens with one attached hydrogen (secondary N) is 1. The Hall–Kier alpha value is -1.96. The molecule has 0 unspecified atom stereocenters. The maximum absolute atomic E-state index is 13.6. The molecular formula is C21H22ClN3O4. The largest absolute Gasteiger partial charge is 0.376 e. The van der Waals surface area contributed by atoms with Gasteiger partial charge in [0.1, 0.15) is 5.54 Å². The number of hydrogen-bond donors (Lipinski definition) is 1. The molecule has 4 fully saturated rings. The van der Waals surface area contributed by atoms with Crippen LogP contribution in [0, 0.1) is 11.8 Å². The van der Waals surface area contributed by atoms with Gasteiger partial charge in [0.15, 0.2) is 0 Å². The van der Waals surface area contributed by atoms with Crippen molar-refractivity contribution >= 4 is 35.0 Å². The lowest BCUT2D eigenvalue weighted by atomic mass is 9.75. The fourth-order valence-electron chi connectivity index (χ4n) is 6.41. The van der Waals surface area contributed by atoms with E-state index in [9.17, 15) is 14.4 Å². The number of nitrogens with zero attached hydrogens (tertiary/aromatic N) is 2. The molecule has 4 saturated heterocycles. The SMILES string of the molecule is O=C1[C@@H]2[C@H]3CCCN3[C@]3(C(=O)Nc4ccc(Cl)cc43)[C@H]2C(=O)N1C[C@@H]1CCCO1. The van der Waals surface area contributed by atoms with Gasteiger partial charge < -0.3 is 10.1 Å². The fourth-order valence-corrected chi connectivity index (χ4v) is 6.58. The molecule has 5 aliphatic rings. The molecule has 1 aromatic rings. The highest BCUT2D eigenvalue weighted by Gasteiger charge is 2.74. The third-order valence-corrected chi connectivity index (χ3v) is 7.69. The minimum atomic E-state index is -1.15. The quantitative estimate of drug-likeness (QED) is 0.744. The number of fused-ring (bicyclic) bond motifs is 7. The van der Waals surface area contributed by atoms with Gasteiger partial charge >= 0.3 is 0 Å². The Kier molecular flexibility index (Phi) is 3.71. The molecule has 0 radical (unpaired) electrons. The van der Waals surface area contributed by atoms with Crippen LogP contribution in [0.25, 0.3) is 0 Å². The topological polar surface area (TPSA) is 79.0 Å². The third-order valence-electron chi connectivity index (χ3n) is 7.46. The van der Waals surface area contributed by atoms with E-state index in [0.29, 0.717) is 23.9 Å². The fraction of sp³-hybridized carbons (Fsp3) is 0.571. The second-order valence-electron chi connectivity index (χ2n) is 8.74. The summed E-state index contributed by atoms with van der Waals surface area (Å²) in [5.41, 5.74) is 0.266. The van der Waals surface area contributed by atoms with Gasteiger partial charge in [0.2, 0.25) is 17.7 Å². The van der Waals surface area contributed by atoms with Crippen LogP contribution >= 0.6 is 11.6 Å². The van der Waals surface area contributed by atoms with Gasteiger partial charge in [0, 0.05) is 28.9 Å². The van der Waals surface area contributed by atoms with Gasteiger partial charge in [-0.15, -0.1) is 0 Å². The highest BCUT2D eigenvalue weighted by atomic mass is 35.5. The lowest BCUT2D eigenvalue weighted by Crippen LogP contribution is -2.54. The number of halogens is 1. The highest BCUT2D eigenvalue weighted by molar-refractivity contribution is 6.31. The number of benzene rings is 1. The molecule has 5 aliphatic heterocycles. The predicted octanol–water partition coefficient (Wildman–Crippen LogP) is 1.75. The lowest BCUT2D eigenvalue weighted by Gasteiger charge is -2.36. The average molecular weight is 416 g/mol. The number of carbonyl (C=O) groups excluding carboxylic acids is 3. The van der Waals surface area contributed by atoms with E-state index in [2.05, 4.69) is 10.2 Å². The zero-order chi connectivity index (χ0) is 19.9. The summed E-state index contributed by atoms with van der Waals surface area (Å²) < 4.78 is 5.68. The van der Waals surface area contributed by atoms with Gasteiger partial charge in [-0.25, -0.2) is 0 Å². The summed E-state index contributed by atoms with van der Waals surface area (Å²) >= 11 is 6.29. The third kappa shape index (κ3) is 2.13. The van der Waals surface area contributed by atoms with Crippen molar-refractivity contribution in [1.82, 2.24) is 9.80 Å². The van der Waals surface area contributed by atoms with Crippen LogP contribution in [0.1, 0.15) is 31.2 Å². The van der Waals surface area contributed by atoms with Gasteiger partial charge in [-0.05, 0) is 50.4 Å². The van der Waals surface area contributed by atoms with Crippen LogP contribution in [0.2, 0.25) is 5.02 Å². The molecule has 0 saturated carbocycles. The molecular weight excluding hydrogens is 394 g/mol. The molecule has 6 rings (SSSR count). The Balaban J connectivity index is 1.48. The first kappa shape index (κ1) is 17.9. The molecule has 0 aliphatic carbocycles. The molecule has 29 heavy (non-hydrogen) atoms. The Morgan fingerprint density at radius 2 is 2.03 bits per heavy atom. The molecule has 1 N–H and O–H groups in total. The second kappa shape index (κ2) is 6.03. The monoisotopic (exact) mass is 415 g/mol. The number of ether oxygens (including phenoxy) is 1. The number of hydrogen-bond acceptors (Lipinski definition) is 5. The van der Waals surface area contributed by atoms with Crippen LogP contribution in [-0.2, 0) is 24.7 Å². The summed E-state index contributed by atoms with van der Waals surface area (Å²) in [5.74, 6) is -1.79. The van der Waals surface area contributed by atoms with Crippen molar-refractivity contribution in [3.63, 3.8) is 0 Å². The van der Waals surface area contributed by atoms with Gasteiger partial charge in [0.05, 0.1) is 24.5 Å². The van der Waals surface area contributed by atoms with E-state index in [1.807, 2.05) is 0 Å². The van der Waals surface area contributed by atoms with Crippen LogP contribution in [-0.4, -0.2) is 59.4 Å². The van der Waals surface area contributed by atoms with E-state index >= 15 is 0 Å². The summed E-state index contributed by atoms with van der Waals surface area (Å²) in [7, 11) is 0. The normalized spacial score (nSPS) is 38.1. The second-order valence-corrected chi connectivity index (χ2v) is 9.18. The molecule has 7 nitrogen and oxygen atoms in total. The molecule has 152 valence electrons. The van der Waals surface area contributed by atoms with E-state index in [-0.39, 0.29) is 36.4 Å². The zero-order valence-electron chi connectivity index (χ0n) is 15.9. The van der Waals surface area contributed by atoms with E-state index in [0.717, 1.165) is 31.2 Å². The first-order valence-electron chi connectivity index (χ1n) is 10.4. The van der Waals surface area contributed by atoms with Crippen LogP contribution in [0.15, 0.2) is 18.2 Å². The van der Waals surface area contributed by atoms with Crippen LogP contribution in [0.5, 0.6) is 0 Å². The van der Waals surface area contributed by atoms with E-state index < -0.39 is 17.4 Å². The predicted molar refractivity (Wildman–Crippen MR) is 104 cm³/mol. The van der Waals surface area contributed by atoms with E-state index in [1.165, 1.54) is 4.90 Å². The Bertz CT molecular complexity index is 946. The first-order chi connectivity index (χ1) is 14.0. The molecule has 8 heteroatoms. The molecule has 3 amide bonds. The highest BCUT2D eigenvalue weighted by Crippen LogP contribution is 2.60. The summed E-state index contributed by atoms with van der Waals surface area (Å²) in [4.78, 5) is 44.0. The Morgan fingerprint density at radius 1 is 1.17 bits per heavy atom. The number of rotatable bonds is 2. The number of amides is 3. The minimum Gasteiger partial charge on any atom is -0.376 e. The zero-order valence-corrected chi connectivity index (χ0v) is 16.7. The summed E-state index contributed by atoms with van der Waals surface area (Å²) in [5, 5.41) is 3.48. The summed E-state index contributed by atoms with van der Waals surface area (Å²) in [6.45, 7) is 1.66. The minimum absolute atomic E-state index is 0.0957. The summed E-state index contributed by atoms with van der Waals surface area (Å²) in [6.07, 6.45) is 3.43. The number of imide groups is 1. The maximum atomic E-state index is 13.6. The number of carbonyl (C=O) groups is 3. The lowest BCUT2D eigenvalue weighted by molar-refractivity contribution is -0.147. The van der Waals surface area contributed by atoms with Crippen molar-refractivity contribution in [1.29, 1.82) is 0 Å². The van der Waals surface area contributed by atoms with Crippen LogP contribution in [0.4, 0.5) is 5.69 Å². The van der Waals surface area contributed by atoms with E-state index in [1.54, 1.807) is 18.2 Å². The van der Waals surface area contributed by atoms with Crippen molar-refractivity contribution < 1.29 is 19.1 Å². The maximum Gasteiger partial charge on any atom is 0.250 e. The van der Waals surface area contributed by atoms with Crippen molar-refractivity contribution in [3.8, 4) is 0 Å². The Labute approximate surface area is 173 Å². The molecule has 0 bridgehead atoms.